The van der Waals surface area contributed by atoms with E-state index in [4.69, 9.17) is 4.74 Å². The number of nitrogens with one attached hydrogen (secondary N) is 1. The van der Waals surface area contributed by atoms with Gasteiger partial charge in [-0.15, -0.1) is 0 Å². The third kappa shape index (κ3) is 5.48. The molecule has 0 aliphatic carbocycles. The third-order valence-corrected chi connectivity index (χ3v) is 6.81. The number of fused-ring (bicyclic) bond motifs is 1. The third-order valence-electron chi connectivity index (χ3n) is 6.81. The van der Waals surface area contributed by atoms with Crippen LogP contribution in [0, 0.1) is 24.6 Å². The molecule has 0 unspecified atom stereocenters. The number of carbonyl (C=O) groups is 1. The number of aryl methyl sites for hydroxylation is 1. The zero-order valence-corrected chi connectivity index (χ0v) is 20.1. The lowest BCUT2D eigenvalue weighted by Crippen LogP contribution is -2.36. The van der Waals surface area contributed by atoms with Gasteiger partial charge >= 0.3 is 12.2 Å². The van der Waals surface area contributed by atoms with E-state index in [1.807, 2.05) is 11.0 Å². The summed E-state index contributed by atoms with van der Waals surface area (Å²) in [6.07, 6.45) is -2.07. The Hall–Kier alpha value is -3.41. The van der Waals surface area contributed by atoms with Gasteiger partial charge in [0.05, 0.1) is 30.8 Å². The van der Waals surface area contributed by atoms with E-state index in [2.05, 4.69) is 10.3 Å². The van der Waals surface area contributed by atoms with Crippen molar-refractivity contribution in [2.75, 3.05) is 49.6 Å². The number of anilines is 2. The van der Waals surface area contributed by atoms with E-state index < -0.39 is 36.3 Å². The molecule has 1 aromatic carbocycles. The van der Waals surface area contributed by atoms with E-state index in [1.54, 1.807) is 17.5 Å². The van der Waals surface area contributed by atoms with Crippen LogP contribution in [0.2, 0.25) is 0 Å². The largest absolute Gasteiger partial charge is 0.389 e. The van der Waals surface area contributed by atoms with Crippen LogP contribution in [0.5, 0.6) is 0 Å². The van der Waals surface area contributed by atoms with E-state index in [1.165, 1.54) is 23.2 Å². The number of morpholine rings is 1. The summed E-state index contributed by atoms with van der Waals surface area (Å²) in [7, 11) is 0. The van der Waals surface area contributed by atoms with Crippen molar-refractivity contribution in [3.8, 4) is 11.1 Å². The van der Waals surface area contributed by atoms with E-state index in [0.29, 0.717) is 54.3 Å². The predicted octanol–water partition coefficient (Wildman–Crippen LogP) is 5.23. The molecule has 198 valence electrons. The molecule has 4 heterocycles. The summed E-state index contributed by atoms with van der Waals surface area (Å²) in [5.74, 6) is -1.97. The summed E-state index contributed by atoms with van der Waals surface area (Å²) in [5, 5.41) is 2.52. The number of pyridine rings is 1. The molecule has 2 aromatic heterocycles. The summed E-state index contributed by atoms with van der Waals surface area (Å²) < 4.78 is 74.1. The molecule has 0 bridgehead atoms. The van der Waals surface area contributed by atoms with Gasteiger partial charge in [-0.1, -0.05) is 0 Å². The minimum atomic E-state index is -4.30. The van der Waals surface area contributed by atoms with Crippen molar-refractivity contribution >= 4 is 23.1 Å². The summed E-state index contributed by atoms with van der Waals surface area (Å²) in [4.78, 5) is 20.1. The molecular weight excluding hydrogens is 497 g/mol. The van der Waals surface area contributed by atoms with Gasteiger partial charge in [-0.2, -0.15) is 22.5 Å². The second-order valence-electron chi connectivity index (χ2n) is 9.51. The molecular formula is C25H26F5N5O2. The minimum Gasteiger partial charge on any atom is -0.378 e. The topological polar surface area (TPSA) is 62.1 Å². The Morgan fingerprint density at radius 2 is 1.89 bits per heavy atom. The van der Waals surface area contributed by atoms with Gasteiger partial charge in [0.1, 0.15) is 5.82 Å². The lowest BCUT2D eigenvalue weighted by atomic mass is 10.00. The molecule has 37 heavy (non-hydrogen) atoms. The number of hydrogen-bond donors (Lipinski definition) is 1. The maximum Gasteiger partial charge on any atom is 0.389 e. The second kappa shape index (κ2) is 9.81. The first kappa shape index (κ1) is 25.2. The van der Waals surface area contributed by atoms with Crippen molar-refractivity contribution in [1.82, 2.24) is 14.3 Å². The fraction of sp³-hybridized carbons (Fsp3) is 0.440. The first-order valence-corrected chi connectivity index (χ1v) is 12.0. The van der Waals surface area contributed by atoms with Gasteiger partial charge in [-0.05, 0) is 48.6 Å². The highest BCUT2D eigenvalue weighted by atomic mass is 19.4. The molecule has 2 amide bonds. The molecule has 2 saturated heterocycles. The molecule has 7 nitrogen and oxygen atoms in total. The van der Waals surface area contributed by atoms with Crippen molar-refractivity contribution in [2.24, 2.45) is 5.92 Å². The van der Waals surface area contributed by atoms with Crippen LogP contribution >= 0.6 is 0 Å². The molecule has 2 aliphatic rings. The Labute approximate surface area is 209 Å². The molecule has 0 radical (unpaired) electrons. The number of nitrogens with zero attached hydrogens (tertiary/aromatic N) is 4. The van der Waals surface area contributed by atoms with E-state index >= 15 is 0 Å². The quantitative estimate of drug-likeness (QED) is 0.476. The average Bonchev–Trinajstić information content (AvgIpc) is 3.45. The number of amides is 2. The number of likely N-dealkylation sites (tertiary alicyclic amines) is 1. The summed E-state index contributed by atoms with van der Waals surface area (Å²) in [5.41, 5.74) is 2.92. The molecule has 3 aromatic rings. The maximum absolute atomic E-state index is 14.9. The molecule has 2 aliphatic heterocycles. The van der Waals surface area contributed by atoms with Gasteiger partial charge in [0.2, 0.25) is 5.95 Å². The van der Waals surface area contributed by atoms with Crippen molar-refractivity contribution in [3.63, 3.8) is 0 Å². The van der Waals surface area contributed by atoms with Crippen LogP contribution in [-0.2, 0) is 4.74 Å². The number of benzene rings is 1. The second-order valence-corrected chi connectivity index (χ2v) is 9.51. The molecule has 1 N–H and O–H groups in total. The standard InChI is InChI=1S/C25H26F5N5O2/c1-15-8-19(26)20(31-24(36)34-3-2-16(12-34)11-25(28,29)30)10-18(15)17-9-21(33-4-6-37-7-5-33)23-32-22(27)14-35(23)13-17/h8-10,13-14,16H,2-7,11-12H2,1H3,(H,31,36)/t16-/m0/s1. The summed E-state index contributed by atoms with van der Waals surface area (Å²) in [6.45, 7) is 4.08. The smallest absolute Gasteiger partial charge is 0.378 e. The first-order valence-electron chi connectivity index (χ1n) is 12.0. The monoisotopic (exact) mass is 523 g/mol. The number of ether oxygens (including phenoxy) is 1. The van der Waals surface area contributed by atoms with Gasteiger partial charge in [0, 0.05) is 44.4 Å². The fourth-order valence-electron chi connectivity index (χ4n) is 5.02. The molecule has 0 saturated carbocycles. The van der Waals surface area contributed by atoms with Crippen LogP contribution in [0.1, 0.15) is 18.4 Å². The first-order chi connectivity index (χ1) is 17.6. The number of hydrogen-bond acceptors (Lipinski definition) is 4. The highest BCUT2D eigenvalue weighted by Crippen LogP contribution is 2.34. The summed E-state index contributed by atoms with van der Waals surface area (Å²) in [6, 6.07) is 3.97. The van der Waals surface area contributed by atoms with Crippen molar-refractivity contribution in [3.05, 3.63) is 47.9 Å². The average molecular weight is 524 g/mol. The Morgan fingerprint density at radius 1 is 1.14 bits per heavy atom. The molecule has 0 spiro atoms. The highest BCUT2D eigenvalue weighted by Gasteiger charge is 2.36. The van der Waals surface area contributed by atoms with Crippen LogP contribution in [0.25, 0.3) is 16.8 Å². The molecule has 1 atom stereocenters. The van der Waals surface area contributed by atoms with E-state index in [9.17, 15) is 26.7 Å². The highest BCUT2D eigenvalue weighted by molar-refractivity contribution is 5.91. The Bertz CT molecular complexity index is 1320. The zero-order chi connectivity index (χ0) is 26.3. The van der Waals surface area contributed by atoms with Gasteiger partial charge in [-0.25, -0.2) is 9.18 Å². The van der Waals surface area contributed by atoms with E-state index in [0.717, 1.165) is 0 Å². The van der Waals surface area contributed by atoms with E-state index in [-0.39, 0.29) is 25.2 Å². The molecule has 5 rings (SSSR count). The van der Waals surface area contributed by atoms with Crippen LogP contribution in [0.15, 0.2) is 30.6 Å². The minimum absolute atomic E-state index is 0.0442. The number of alkyl halides is 3. The fourth-order valence-corrected chi connectivity index (χ4v) is 5.02. The van der Waals surface area contributed by atoms with Gasteiger partial charge < -0.3 is 24.3 Å². The number of imidazole rings is 1. The van der Waals surface area contributed by atoms with Crippen LogP contribution in [0.3, 0.4) is 0 Å². The maximum atomic E-state index is 14.9. The SMILES string of the molecule is Cc1cc(F)c(NC(=O)N2CC[C@@H](CC(F)(F)F)C2)cc1-c1cc(N2CCOCC2)c2nc(F)cn2c1. The number of urea groups is 1. The molecule has 12 heteroatoms. The predicted molar refractivity (Wildman–Crippen MR) is 128 cm³/mol. The normalized spacial score (nSPS) is 18.6. The Balaban J connectivity index is 1.43. The van der Waals surface area contributed by atoms with Crippen LogP contribution in [0.4, 0.5) is 38.1 Å². The van der Waals surface area contributed by atoms with Crippen LogP contribution < -0.4 is 10.2 Å². The summed E-state index contributed by atoms with van der Waals surface area (Å²) >= 11 is 0. The van der Waals surface area contributed by atoms with Crippen molar-refractivity contribution < 1.29 is 31.5 Å². The number of rotatable bonds is 4. The van der Waals surface area contributed by atoms with Crippen molar-refractivity contribution in [2.45, 2.75) is 25.9 Å². The van der Waals surface area contributed by atoms with Crippen molar-refractivity contribution in [1.29, 1.82) is 0 Å². The molecule has 2 fully saturated rings. The lowest BCUT2D eigenvalue weighted by molar-refractivity contribution is -0.143. The Kier molecular flexibility index (Phi) is 6.69. The lowest BCUT2D eigenvalue weighted by Gasteiger charge is -2.29. The van der Waals surface area contributed by atoms with Gasteiger partial charge in [0.25, 0.3) is 0 Å². The van der Waals surface area contributed by atoms with Gasteiger partial charge in [0.15, 0.2) is 5.65 Å². The van der Waals surface area contributed by atoms with Crippen LogP contribution in [-0.4, -0.2) is 65.9 Å². The number of carbonyl (C=O) groups excluding carboxylic acids is 1. The van der Waals surface area contributed by atoms with Gasteiger partial charge in [-0.3, -0.25) is 0 Å². The number of aromatic nitrogens is 2. The number of halogens is 5. The Morgan fingerprint density at radius 3 is 2.62 bits per heavy atom. The zero-order valence-electron chi connectivity index (χ0n) is 20.1.